The maximum atomic E-state index is 12.1. The summed E-state index contributed by atoms with van der Waals surface area (Å²) < 4.78 is 26.8. The summed E-state index contributed by atoms with van der Waals surface area (Å²) in [4.78, 5) is 2.31. The van der Waals surface area contributed by atoms with E-state index in [0.29, 0.717) is 18.1 Å². The van der Waals surface area contributed by atoms with Crippen LogP contribution in [0.2, 0.25) is 5.02 Å². The van der Waals surface area contributed by atoms with E-state index in [1.54, 1.807) is 6.07 Å². The minimum Gasteiger partial charge on any atom is -0.326 e. The first kappa shape index (κ1) is 17.4. The van der Waals surface area contributed by atoms with Crippen molar-refractivity contribution in [3.63, 3.8) is 0 Å². The van der Waals surface area contributed by atoms with E-state index >= 15 is 0 Å². The van der Waals surface area contributed by atoms with Crippen LogP contribution in [0.4, 0.5) is 0 Å². The van der Waals surface area contributed by atoms with Gasteiger partial charge in [0, 0.05) is 24.7 Å². The summed E-state index contributed by atoms with van der Waals surface area (Å²) in [7, 11) is -3.52. The Morgan fingerprint density at radius 1 is 1.30 bits per heavy atom. The lowest BCUT2D eigenvalue weighted by Crippen LogP contribution is -2.34. The average molecular weight is 320 g/mol. The smallest absolute Gasteiger partial charge is 0.240 e. The molecule has 0 aliphatic rings. The normalized spacial score (nSPS) is 12.1. The number of nitrogens with one attached hydrogen (secondary N) is 1. The van der Waals surface area contributed by atoms with Crippen molar-refractivity contribution in [2.24, 2.45) is 5.73 Å². The van der Waals surface area contributed by atoms with Crippen LogP contribution in [0.15, 0.2) is 23.1 Å². The molecule has 0 saturated heterocycles. The van der Waals surface area contributed by atoms with Gasteiger partial charge in [-0.05, 0) is 30.8 Å². The van der Waals surface area contributed by atoms with Crippen LogP contribution in [-0.4, -0.2) is 39.5 Å². The van der Waals surface area contributed by atoms with E-state index in [0.717, 1.165) is 18.7 Å². The first-order valence-corrected chi connectivity index (χ1v) is 8.51. The Labute approximate surface area is 126 Å². The van der Waals surface area contributed by atoms with Gasteiger partial charge in [0.25, 0.3) is 0 Å². The molecule has 5 nitrogen and oxygen atoms in total. The maximum Gasteiger partial charge on any atom is 0.240 e. The van der Waals surface area contributed by atoms with Gasteiger partial charge in [0.1, 0.15) is 0 Å². The lowest BCUT2D eigenvalue weighted by Gasteiger charge is -2.18. The minimum atomic E-state index is -3.52. The molecule has 1 aromatic rings. The van der Waals surface area contributed by atoms with E-state index in [4.69, 9.17) is 17.3 Å². The lowest BCUT2D eigenvalue weighted by molar-refractivity contribution is 0.309. The number of rotatable bonds is 8. The van der Waals surface area contributed by atoms with E-state index in [9.17, 15) is 8.42 Å². The summed E-state index contributed by atoms with van der Waals surface area (Å²) in [6.07, 6.45) is 0. The SMILES string of the molecule is CCN(CC)CCNS(=O)(=O)c1ccc(CN)c(Cl)c1. The van der Waals surface area contributed by atoms with E-state index in [-0.39, 0.29) is 11.4 Å². The minimum absolute atomic E-state index is 0.166. The highest BCUT2D eigenvalue weighted by atomic mass is 35.5. The van der Waals surface area contributed by atoms with Crippen LogP contribution in [0.5, 0.6) is 0 Å². The zero-order chi connectivity index (χ0) is 15.2. The van der Waals surface area contributed by atoms with Crippen molar-refractivity contribution in [3.05, 3.63) is 28.8 Å². The fourth-order valence-corrected chi connectivity index (χ4v) is 3.19. The van der Waals surface area contributed by atoms with Crippen molar-refractivity contribution in [2.45, 2.75) is 25.3 Å². The van der Waals surface area contributed by atoms with Gasteiger partial charge in [-0.15, -0.1) is 0 Å². The average Bonchev–Trinajstić information content (AvgIpc) is 2.43. The third-order valence-corrected chi connectivity index (χ3v) is 4.98. The second-order valence-corrected chi connectivity index (χ2v) is 6.56. The van der Waals surface area contributed by atoms with E-state index < -0.39 is 10.0 Å². The van der Waals surface area contributed by atoms with Crippen LogP contribution in [0, 0.1) is 0 Å². The molecule has 3 N–H and O–H groups in total. The van der Waals surface area contributed by atoms with Crippen molar-refractivity contribution >= 4 is 21.6 Å². The third kappa shape index (κ3) is 4.71. The van der Waals surface area contributed by atoms with Gasteiger partial charge in [0.05, 0.1) is 4.90 Å². The predicted octanol–water partition coefficient (Wildman–Crippen LogP) is 1.42. The number of nitrogens with two attached hydrogens (primary N) is 1. The molecule has 1 rings (SSSR count). The Kier molecular flexibility index (Phi) is 6.91. The maximum absolute atomic E-state index is 12.1. The molecule has 0 aromatic heterocycles. The summed E-state index contributed by atoms with van der Waals surface area (Å²) >= 11 is 5.98. The van der Waals surface area contributed by atoms with Gasteiger partial charge in [-0.2, -0.15) is 0 Å². The topological polar surface area (TPSA) is 75.4 Å². The molecular weight excluding hydrogens is 298 g/mol. The number of nitrogens with zero attached hydrogens (tertiary/aromatic N) is 1. The zero-order valence-corrected chi connectivity index (χ0v) is 13.5. The fraction of sp³-hybridized carbons (Fsp3) is 0.538. The summed E-state index contributed by atoms with van der Waals surface area (Å²) in [5.41, 5.74) is 6.23. The number of sulfonamides is 1. The van der Waals surface area contributed by atoms with Gasteiger partial charge in [0.15, 0.2) is 0 Å². The van der Waals surface area contributed by atoms with Crippen molar-refractivity contribution in [2.75, 3.05) is 26.2 Å². The molecular formula is C13H22ClN3O2S. The molecule has 0 fully saturated rings. The largest absolute Gasteiger partial charge is 0.326 e. The van der Waals surface area contributed by atoms with Gasteiger partial charge in [-0.3, -0.25) is 0 Å². The number of benzene rings is 1. The summed E-state index contributed by atoms with van der Waals surface area (Å²) in [6.45, 7) is 7.23. The Bertz CT molecular complexity index is 530. The second kappa shape index (κ2) is 7.95. The standard InChI is InChI=1S/C13H22ClN3O2S/c1-3-17(4-2)8-7-16-20(18,19)12-6-5-11(10-15)13(14)9-12/h5-6,9,16H,3-4,7-8,10,15H2,1-2H3. The number of halogens is 1. The molecule has 0 bridgehead atoms. The highest BCUT2D eigenvalue weighted by molar-refractivity contribution is 7.89. The first-order valence-electron chi connectivity index (χ1n) is 6.65. The quantitative estimate of drug-likeness (QED) is 0.760. The van der Waals surface area contributed by atoms with Crippen LogP contribution in [0.25, 0.3) is 0 Å². The van der Waals surface area contributed by atoms with Crippen molar-refractivity contribution in [3.8, 4) is 0 Å². The molecule has 0 radical (unpaired) electrons. The third-order valence-electron chi connectivity index (χ3n) is 3.17. The molecule has 0 heterocycles. The van der Waals surface area contributed by atoms with Gasteiger partial charge >= 0.3 is 0 Å². The van der Waals surface area contributed by atoms with Gasteiger partial charge in [-0.25, -0.2) is 13.1 Å². The molecule has 0 saturated carbocycles. The number of hydrogen-bond acceptors (Lipinski definition) is 4. The molecule has 0 unspecified atom stereocenters. The summed E-state index contributed by atoms with van der Waals surface area (Å²) in [6, 6.07) is 4.60. The monoisotopic (exact) mass is 319 g/mol. The Hall–Kier alpha value is -0.660. The van der Waals surface area contributed by atoms with Crippen LogP contribution in [-0.2, 0) is 16.6 Å². The Balaban J connectivity index is 2.71. The summed E-state index contributed by atoms with van der Waals surface area (Å²) in [5.74, 6) is 0. The zero-order valence-electron chi connectivity index (χ0n) is 11.9. The van der Waals surface area contributed by atoms with Crippen LogP contribution in [0.3, 0.4) is 0 Å². The molecule has 0 aliphatic carbocycles. The highest BCUT2D eigenvalue weighted by Gasteiger charge is 2.15. The van der Waals surface area contributed by atoms with E-state index in [1.807, 2.05) is 13.8 Å². The molecule has 0 aliphatic heterocycles. The van der Waals surface area contributed by atoms with Gasteiger partial charge in [0.2, 0.25) is 10.0 Å². The van der Waals surface area contributed by atoms with Crippen LogP contribution >= 0.6 is 11.6 Å². The van der Waals surface area contributed by atoms with Crippen molar-refractivity contribution in [1.82, 2.24) is 9.62 Å². The predicted molar refractivity (Wildman–Crippen MR) is 82.3 cm³/mol. The molecule has 0 atom stereocenters. The van der Waals surface area contributed by atoms with Crippen molar-refractivity contribution in [1.29, 1.82) is 0 Å². The summed E-state index contributed by atoms with van der Waals surface area (Å²) in [5, 5.41) is 0.374. The van der Waals surface area contributed by atoms with Crippen LogP contribution in [0.1, 0.15) is 19.4 Å². The molecule has 0 spiro atoms. The highest BCUT2D eigenvalue weighted by Crippen LogP contribution is 2.20. The van der Waals surface area contributed by atoms with E-state index in [2.05, 4.69) is 9.62 Å². The second-order valence-electron chi connectivity index (χ2n) is 4.38. The molecule has 0 amide bonds. The molecule has 1 aromatic carbocycles. The number of hydrogen-bond donors (Lipinski definition) is 2. The van der Waals surface area contributed by atoms with Crippen LogP contribution < -0.4 is 10.5 Å². The Morgan fingerprint density at radius 2 is 1.95 bits per heavy atom. The van der Waals surface area contributed by atoms with Crippen molar-refractivity contribution < 1.29 is 8.42 Å². The fourth-order valence-electron chi connectivity index (χ4n) is 1.82. The lowest BCUT2D eigenvalue weighted by atomic mass is 10.2. The molecule has 7 heteroatoms. The molecule has 114 valence electrons. The number of likely N-dealkylation sites (N-methyl/N-ethyl adjacent to an activating group) is 1. The Morgan fingerprint density at radius 3 is 2.45 bits per heavy atom. The van der Waals surface area contributed by atoms with E-state index in [1.165, 1.54) is 12.1 Å². The first-order chi connectivity index (χ1) is 9.44. The van der Waals surface area contributed by atoms with Gasteiger partial charge in [-0.1, -0.05) is 31.5 Å². The molecule has 20 heavy (non-hydrogen) atoms. The van der Waals surface area contributed by atoms with Gasteiger partial charge < -0.3 is 10.6 Å².